The van der Waals surface area contributed by atoms with Crippen LogP contribution in [0.4, 0.5) is 57.0 Å². The third-order valence-corrected chi connectivity index (χ3v) is 16.7. The Morgan fingerprint density at radius 3 is 1.60 bits per heavy atom. The summed E-state index contributed by atoms with van der Waals surface area (Å²) in [5.74, 6) is 0.453. The Bertz CT molecular complexity index is 4860. The van der Waals surface area contributed by atoms with E-state index in [9.17, 15) is 2.74 Å². The Balaban J connectivity index is 0.990. The van der Waals surface area contributed by atoms with Gasteiger partial charge in [-0.15, -0.1) is 0 Å². The van der Waals surface area contributed by atoms with E-state index in [1.807, 2.05) is 91.0 Å². The average Bonchev–Trinajstić information content (AvgIpc) is 1.47. The van der Waals surface area contributed by atoms with Crippen molar-refractivity contribution in [3.05, 3.63) is 296 Å². The van der Waals surface area contributed by atoms with E-state index >= 15 is 0 Å². The predicted molar refractivity (Wildman–Crippen MR) is 364 cm³/mol. The van der Waals surface area contributed by atoms with E-state index < -0.39 is 25.0 Å². The van der Waals surface area contributed by atoms with Crippen molar-refractivity contribution in [2.75, 3.05) is 26.3 Å². The maximum atomic E-state index is 9.50. The molecule has 5 nitrogen and oxygen atoms in total. The number of hydrogen-bond acceptors (Lipinski definition) is 5. The molecule has 11 aromatic carbocycles. The SMILES string of the molecule is [2H]c1c([2H])c([2H])c(-c2cccc(-c3cc(C(C)(C)C)cc(C(C)(C)C)c3)c2N2CN(c3cc(-c4ccccc4)cc(N(c4ccccc4)c4ccc5c(c4)N(c4cc(C([2H])([2H])[2H])c(-c6ccccc6)cn4)c4ccccc4-c4ccccc4-5)c3)c3ccccc32)c([2H])c1[2H]. The highest BCUT2D eigenvalue weighted by Crippen LogP contribution is 2.55. The first-order valence-electron chi connectivity index (χ1n) is 33.4. The molecular formula is C81H69N5. The second-order valence-electron chi connectivity index (χ2n) is 24.3. The van der Waals surface area contributed by atoms with Crippen molar-refractivity contribution < 1.29 is 11.0 Å². The maximum absolute atomic E-state index is 9.50. The Morgan fingerprint density at radius 2 is 0.953 bits per heavy atom. The van der Waals surface area contributed by atoms with Gasteiger partial charge >= 0.3 is 0 Å². The summed E-state index contributed by atoms with van der Waals surface area (Å²) in [6.07, 6.45) is 1.70. The van der Waals surface area contributed by atoms with Crippen LogP contribution in [0.5, 0.6) is 0 Å². The predicted octanol–water partition coefficient (Wildman–Crippen LogP) is 22.5. The third kappa shape index (κ3) is 9.89. The van der Waals surface area contributed by atoms with E-state index in [0.29, 0.717) is 22.6 Å². The highest BCUT2D eigenvalue weighted by Gasteiger charge is 2.34. The molecule has 2 aliphatic heterocycles. The number of anilines is 10. The third-order valence-electron chi connectivity index (χ3n) is 16.7. The molecule has 0 fully saturated rings. The first-order valence-corrected chi connectivity index (χ1v) is 29.4. The van der Waals surface area contributed by atoms with Crippen molar-refractivity contribution in [1.82, 2.24) is 4.98 Å². The summed E-state index contributed by atoms with van der Waals surface area (Å²) in [5, 5.41) is 0. The number of pyridine rings is 1. The summed E-state index contributed by atoms with van der Waals surface area (Å²) in [6.45, 7) is 11.1. The molecule has 0 bridgehead atoms. The van der Waals surface area contributed by atoms with Gasteiger partial charge in [0.1, 0.15) is 12.5 Å². The summed E-state index contributed by atoms with van der Waals surface area (Å²) in [6, 6.07) is 81.1. The lowest BCUT2D eigenvalue weighted by Gasteiger charge is -2.31. The van der Waals surface area contributed by atoms with Crippen LogP contribution in [0.1, 0.15) is 69.2 Å². The minimum Gasteiger partial charge on any atom is -0.321 e. The number of para-hydroxylation sites is 5. The topological polar surface area (TPSA) is 25.9 Å². The van der Waals surface area contributed by atoms with Crippen molar-refractivity contribution >= 4 is 57.0 Å². The van der Waals surface area contributed by atoms with Crippen LogP contribution in [0, 0.1) is 6.85 Å². The number of aromatic nitrogens is 1. The molecule has 0 saturated heterocycles. The lowest BCUT2D eigenvalue weighted by atomic mass is 9.78. The van der Waals surface area contributed by atoms with Gasteiger partial charge in [-0.05, 0) is 140 Å². The molecule has 0 saturated carbocycles. The summed E-state index contributed by atoms with van der Waals surface area (Å²) in [4.78, 5) is 14.1. The molecule has 14 rings (SSSR count). The smallest absolute Gasteiger partial charge is 0.137 e. The van der Waals surface area contributed by atoms with E-state index in [0.717, 1.165) is 107 Å². The van der Waals surface area contributed by atoms with Gasteiger partial charge in [-0.1, -0.05) is 248 Å². The Hall–Kier alpha value is -10.2. The molecule has 1 aromatic heterocycles. The van der Waals surface area contributed by atoms with Gasteiger partial charge in [0.25, 0.3) is 0 Å². The quantitative estimate of drug-likeness (QED) is 0.136. The number of hydrogen-bond donors (Lipinski definition) is 0. The molecule has 0 N–H and O–H groups in total. The minimum absolute atomic E-state index is 0.123. The summed E-state index contributed by atoms with van der Waals surface area (Å²) < 4.78 is 72.5. The van der Waals surface area contributed by atoms with Crippen LogP contribution in [-0.4, -0.2) is 11.7 Å². The zero-order valence-electron chi connectivity index (χ0n) is 57.1. The number of rotatable bonds is 10. The zero-order valence-corrected chi connectivity index (χ0v) is 49.1. The second kappa shape index (κ2) is 21.8. The van der Waals surface area contributed by atoms with Crippen molar-refractivity contribution in [2.24, 2.45) is 0 Å². The van der Waals surface area contributed by atoms with E-state index in [2.05, 4.69) is 207 Å². The van der Waals surface area contributed by atoms with Gasteiger partial charge in [0, 0.05) is 60.9 Å². The summed E-state index contributed by atoms with van der Waals surface area (Å²) >= 11 is 0. The lowest BCUT2D eigenvalue weighted by Crippen LogP contribution is -2.25. The molecule has 0 unspecified atom stereocenters. The monoisotopic (exact) mass is 1120 g/mol. The first kappa shape index (κ1) is 45.2. The van der Waals surface area contributed by atoms with Crippen LogP contribution in [0.25, 0.3) is 66.8 Å². The van der Waals surface area contributed by atoms with Crippen molar-refractivity contribution in [3.8, 4) is 66.8 Å². The van der Waals surface area contributed by atoms with E-state index in [1.165, 1.54) is 0 Å². The molecule has 2 aliphatic rings. The molecule has 86 heavy (non-hydrogen) atoms. The normalized spacial score (nSPS) is 14.2. The number of benzene rings is 11. The average molecular weight is 1120 g/mol. The van der Waals surface area contributed by atoms with E-state index in [1.54, 1.807) is 12.3 Å². The van der Waals surface area contributed by atoms with Gasteiger partial charge in [0.05, 0.1) is 35.3 Å². The van der Waals surface area contributed by atoms with Gasteiger partial charge in [-0.2, -0.15) is 0 Å². The fraction of sp³-hybridized carbons (Fsp3) is 0.123. The number of aryl methyl sites for hydroxylation is 1. The van der Waals surface area contributed by atoms with Crippen molar-refractivity contribution in [3.63, 3.8) is 0 Å². The standard InChI is InChI=1S/C81H69N5/c1-55-45-78(82-53-73(55)58-31-16-10-17-32-58)86-74-40-23-22-37-71(74)69-35-20-21-36-70(69)72-44-43-64(52-77(72)86)85(63-33-18-11-19-34-63)66-49-59(56-27-12-8-13-28-56)48-65(51-66)83-54-84(76-42-25-24-41-75(76)83)79-67(57-29-14-9-15-30-57)38-26-39-68(79)60-46-61(80(2,3)4)50-62(47-60)81(5,6)7/h8-53H,54H2,1-7H3/i1D3,9D,14D,15D,29D,30D. The van der Waals surface area contributed by atoms with Crippen molar-refractivity contribution in [1.29, 1.82) is 0 Å². The molecule has 0 amide bonds. The Labute approximate surface area is 518 Å². The van der Waals surface area contributed by atoms with Crippen LogP contribution in [0.15, 0.2) is 279 Å². The molecular weight excluding hydrogens is 1040 g/mol. The zero-order chi connectivity index (χ0) is 65.5. The number of nitrogens with zero attached hydrogens (tertiary/aromatic N) is 5. The fourth-order valence-corrected chi connectivity index (χ4v) is 12.3. The van der Waals surface area contributed by atoms with E-state index in [4.69, 9.17) is 13.2 Å². The maximum Gasteiger partial charge on any atom is 0.137 e. The minimum atomic E-state index is -2.48. The number of fused-ring (bicyclic) bond motifs is 6. The summed E-state index contributed by atoms with van der Waals surface area (Å²) in [5.41, 5.74) is 19.3. The van der Waals surface area contributed by atoms with Crippen LogP contribution < -0.4 is 19.6 Å². The Kier molecular flexibility index (Phi) is 11.4. The molecule has 0 radical (unpaired) electrons. The molecule has 12 aromatic rings. The fourth-order valence-electron chi connectivity index (χ4n) is 12.3. The molecule has 5 heteroatoms. The molecule has 0 aliphatic carbocycles. The van der Waals surface area contributed by atoms with Gasteiger partial charge < -0.3 is 14.7 Å². The van der Waals surface area contributed by atoms with Gasteiger partial charge in [0.15, 0.2) is 0 Å². The molecule has 3 heterocycles. The van der Waals surface area contributed by atoms with Crippen LogP contribution in [0.2, 0.25) is 0 Å². The highest BCUT2D eigenvalue weighted by molar-refractivity contribution is 6.04. The van der Waals surface area contributed by atoms with Gasteiger partial charge in [-0.25, -0.2) is 4.98 Å². The highest BCUT2D eigenvalue weighted by atomic mass is 15.4. The van der Waals surface area contributed by atoms with Gasteiger partial charge in [-0.3, -0.25) is 4.90 Å². The summed E-state index contributed by atoms with van der Waals surface area (Å²) in [7, 11) is 0. The van der Waals surface area contributed by atoms with Gasteiger partial charge in [0.2, 0.25) is 0 Å². The first-order chi connectivity index (χ1) is 45.1. The Morgan fingerprint density at radius 1 is 0.395 bits per heavy atom. The van der Waals surface area contributed by atoms with Crippen LogP contribution >= 0.6 is 0 Å². The van der Waals surface area contributed by atoms with Crippen LogP contribution in [-0.2, 0) is 10.8 Å². The largest absolute Gasteiger partial charge is 0.321 e. The molecule has 0 atom stereocenters. The van der Waals surface area contributed by atoms with Crippen molar-refractivity contribution in [2.45, 2.75) is 59.2 Å². The van der Waals surface area contributed by atoms with E-state index in [-0.39, 0.29) is 40.7 Å². The van der Waals surface area contributed by atoms with Crippen LogP contribution in [0.3, 0.4) is 0 Å². The lowest BCUT2D eigenvalue weighted by molar-refractivity contribution is 0.569. The molecule has 0 spiro atoms. The second-order valence-corrected chi connectivity index (χ2v) is 24.3. The molecule has 418 valence electrons.